The fourth-order valence-corrected chi connectivity index (χ4v) is 6.42. The Kier molecular flexibility index (Phi) is 5.97. The van der Waals surface area contributed by atoms with Crippen LogP contribution in [0, 0.1) is 17.8 Å². The van der Waals surface area contributed by atoms with Gasteiger partial charge in [-0.1, -0.05) is 30.3 Å². The van der Waals surface area contributed by atoms with E-state index >= 15 is 0 Å². The summed E-state index contributed by atoms with van der Waals surface area (Å²) in [6, 6.07) is 10.9. The van der Waals surface area contributed by atoms with Gasteiger partial charge < -0.3 is 14.4 Å². The number of likely N-dealkylation sites (tertiary alicyclic amines) is 2. The van der Waals surface area contributed by atoms with Gasteiger partial charge in [-0.2, -0.15) is 0 Å². The molecule has 1 aliphatic carbocycles. The highest BCUT2D eigenvalue weighted by Gasteiger charge is 2.51. The standard InChI is InChI=1S/C26H39N3O3/c1-25(2,3)32-24(30)29-11-12-31-26(19-29)17-28(18-26)16-23-21-9-10-22(23)15-27(14-21)13-20-7-5-4-6-8-20/h4-8,21-23H,9-19H2,1-3H3. The van der Waals surface area contributed by atoms with Crippen LogP contribution in [0.3, 0.4) is 0 Å². The van der Waals surface area contributed by atoms with Crippen molar-refractivity contribution in [3.8, 4) is 0 Å². The maximum atomic E-state index is 12.5. The minimum atomic E-state index is -0.456. The Balaban J connectivity index is 1.11. The van der Waals surface area contributed by atoms with E-state index in [4.69, 9.17) is 9.47 Å². The summed E-state index contributed by atoms with van der Waals surface area (Å²) in [5.74, 6) is 2.45. The number of piperidine rings is 1. The lowest BCUT2D eigenvalue weighted by Crippen LogP contribution is -2.71. The lowest BCUT2D eigenvalue weighted by molar-refractivity contribution is -0.184. The fraction of sp³-hybridized carbons (Fsp3) is 0.731. The van der Waals surface area contributed by atoms with Crippen molar-refractivity contribution in [1.82, 2.24) is 14.7 Å². The number of rotatable bonds is 4. The number of carbonyl (C=O) groups excluding carboxylic acids is 1. The second-order valence-corrected chi connectivity index (χ2v) is 11.5. The summed E-state index contributed by atoms with van der Waals surface area (Å²) >= 11 is 0. The maximum absolute atomic E-state index is 12.5. The SMILES string of the molecule is CC(C)(C)OC(=O)N1CCOC2(CN(CC3C4CCC3CN(Cc3ccccc3)C4)C2)C1. The van der Waals surface area contributed by atoms with Crippen molar-refractivity contribution >= 4 is 6.09 Å². The molecule has 5 rings (SSSR count). The second-order valence-electron chi connectivity index (χ2n) is 11.5. The van der Waals surface area contributed by atoms with Crippen LogP contribution < -0.4 is 0 Å². The fourth-order valence-electron chi connectivity index (χ4n) is 6.42. The van der Waals surface area contributed by atoms with Gasteiger partial charge in [0.15, 0.2) is 0 Å². The summed E-state index contributed by atoms with van der Waals surface area (Å²) in [5.41, 5.74) is 0.782. The summed E-state index contributed by atoms with van der Waals surface area (Å²) in [5, 5.41) is 0. The van der Waals surface area contributed by atoms with Crippen LogP contribution in [0.4, 0.5) is 4.79 Å². The molecule has 1 saturated carbocycles. The van der Waals surface area contributed by atoms with E-state index in [0.717, 1.165) is 37.4 Å². The minimum absolute atomic E-state index is 0.192. The van der Waals surface area contributed by atoms with Crippen molar-refractivity contribution < 1.29 is 14.3 Å². The lowest BCUT2D eigenvalue weighted by Gasteiger charge is -2.55. The van der Waals surface area contributed by atoms with Crippen LogP contribution in [0.2, 0.25) is 0 Å². The van der Waals surface area contributed by atoms with E-state index < -0.39 is 5.60 Å². The molecule has 6 nitrogen and oxygen atoms in total. The molecule has 176 valence electrons. The van der Waals surface area contributed by atoms with Crippen molar-refractivity contribution in [3.05, 3.63) is 35.9 Å². The average molecular weight is 442 g/mol. The van der Waals surface area contributed by atoms with Crippen molar-refractivity contribution in [1.29, 1.82) is 0 Å². The first-order valence-corrected chi connectivity index (χ1v) is 12.4. The van der Waals surface area contributed by atoms with Crippen molar-refractivity contribution in [2.75, 3.05) is 52.4 Å². The number of benzene rings is 1. The maximum Gasteiger partial charge on any atom is 0.410 e. The van der Waals surface area contributed by atoms with Gasteiger partial charge in [0.25, 0.3) is 0 Å². The van der Waals surface area contributed by atoms with Crippen LogP contribution in [0.1, 0.15) is 39.2 Å². The van der Waals surface area contributed by atoms with Crippen molar-refractivity contribution in [2.24, 2.45) is 17.8 Å². The summed E-state index contributed by atoms with van der Waals surface area (Å²) in [7, 11) is 0. The van der Waals surface area contributed by atoms with Crippen LogP contribution in [-0.2, 0) is 16.0 Å². The molecule has 0 radical (unpaired) electrons. The molecule has 3 aliphatic heterocycles. The number of nitrogens with zero attached hydrogens (tertiary/aromatic N) is 3. The molecule has 1 aromatic carbocycles. The van der Waals surface area contributed by atoms with Crippen LogP contribution in [-0.4, -0.2) is 84.4 Å². The molecule has 3 saturated heterocycles. The first kappa shape index (κ1) is 22.2. The third-order valence-corrected chi connectivity index (χ3v) is 7.75. The van der Waals surface area contributed by atoms with E-state index in [9.17, 15) is 4.79 Å². The molecule has 0 N–H and O–H groups in total. The highest BCUT2D eigenvalue weighted by atomic mass is 16.6. The molecule has 1 spiro atoms. The third-order valence-electron chi connectivity index (χ3n) is 7.75. The van der Waals surface area contributed by atoms with Gasteiger partial charge in [0, 0.05) is 45.8 Å². The number of carbonyl (C=O) groups is 1. The molecule has 32 heavy (non-hydrogen) atoms. The van der Waals surface area contributed by atoms with Gasteiger partial charge in [-0.3, -0.25) is 9.80 Å². The van der Waals surface area contributed by atoms with Crippen LogP contribution in [0.25, 0.3) is 0 Å². The Hall–Kier alpha value is -1.63. The summed E-state index contributed by atoms with van der Waals surface area (Å²) in [6.07, 6.45) is 2.55. The Morgan fingerprint density at radius 1 is 1.06 bits per heavy atom. The zero-order valence-electron chi connectivity index (χ0n) is 20.0. The molecular formula is C26H39N3O3. The Morgan fingerprint density at radius 2 is 1.75 bits per heavy atom. The van der Waals surface area contributed by atoms with Crippen molar-refractivity contribution in [2.45, 2.75) is 51.4 Å². The molecule has 2 unspecified atom stereocenters. The van der Waals surface area contributed by atoms with Gasteiger partial charge in [-0.15, -0.1) is 0 Å². The van der Waals surface area contributed by atoms with Gasteiger partial charge >= 0.3 is 6.09 Å². The van der Waals surface area contributed by atoms with E-state index in [1.807, 2.05) is 25.7 Å². The zero-order chi connectivity index (χ0) is 22.3. The van der Waals surface area contributed by atoms with E-state index in [0.29, 0.717) is 19.7 Å². The monoisotopic (exact) mass is 441 g/mol. The summed E-state index contributed by atoms with van der Waals surface area (Å²) < 4.78 is 11.8. The van der Waals surface area contributed by atoms with Crippen LogP contribution in [0.15, 0.2) is 30.3 Å². The normalized spacial score (nSPS) is 30.3. The Bertz CT molecular complexity index is 788. The first-order chi connectivity index (χ1) is 15.3. The molecule has 6 heteroatoms. The summed E-state index contributed by atoms with van der Waals surface area (Å²) in [4.78, 5) is 19.6. The van der Waals surface area contributed by atoms with Crippen LogP contribution >= 0.6 is 0 Å². The molecule has 1 amide bonds. The number of morpholine rings is 1. The molecule has 1 aromatic rings. The van der Waals surface area contributed by atoms with E-state index in [-0.39, 0.29) is 11.7 Å². The summed E-state index contributed by atoms with van der Waals surface area (Å²) in [6.45, 7) is 14.3. The predicted molar refractivity (Wildman–Crippen MR) is 124 cm³/mol. The average Bonchev–Trinajstić information content (AvgIpc) is 2.95. The highest BCUT2D eigenvalue weighted by molar-refractivity contribution is 5.68. The van der Waals surface area contributed by atoms with Gasteiger partial charge in [0.1, 0.15) is 11.2 Å². The Morgan fingerprint density at radius 3 is 2.41 bits per heavy atom. The third kappa shape index (κ3) is 4.82. The Labute approximate surface area is 192 Å². The molecule has 2 atom stereocenters. The molecule has 2 bridgehead atoms. The van der Waals surface area contributed by atoms with E-state index in [1.165, 1.54) is 38.0 Å². The largest absolute Gasteiger partial charge is 0.444 e. The molecular weight excluding hydrogens is 402 g/mol. The molecule has 4 aliphatic rings. The topological polar surface area (TPSA) is 45.2 Å². The minimum Gasteiger partial charge on any atom is -0.444 e. The zero-order valence-corrected chi connectivity index (χ0v) is 20.0. The number of hydrogen-bond donors (Lipinski definition) is 0. The van der Waals surface area contributed by atoms with Gasteiger partial charge in [-0.25, -0.2) is 4.79 Å². The van der Waals surface area contributed by atoms with Gasteiger partial charge in [0.2, 0.25) is 0 Å². The second kappa shape index (κ2) is 8.62. The van der Waals surface area contributed by atoms with Gasteiger partial charge in [0.05, 0.1) is 13.2 Å². The van der Waals surface area contributed by atoms with Gasteiger partial charge in [-0.05, 0) is 56.9 Å². The highest BCUT2D eigenvalue weighted by Crippen LogP contribution is 2.44. The van der Waals surface area contributed by atoms with Crippen LogP contribution in [0.5, 0.6) is 0 Å². The predicted octanol–water partition coefficient (Wildman–Crippen LogP) is 3.47. The van der Waals surface area contributed by atoms with Crippen molar-refractivity contribution in [3.63, 3.8) is 0 Å². The first-order valence-electron chi connectivity index (χ1n) is 12.4. The van der Waals surface area contributed by atoms with E-state index in [2.05, 4.69) is 40.1 Å². The number of ether oxygens (including phenoxy) is 2. The number of fused-ring (bicyclic) bond motifs is 2. The molecule has 3 heterocycles. The number of hydrogen-bond acceptors (Lipinski definition) is 5. The molecule has 4 fully saturated rings. The molecule has 0 aromatic heterocycles. The quantitative estimate of drug-likeness (QED) is 0.716. The van der Waals surface area contributed by atoms with E-state index in [1.54, 1.807) is 0 Å². The number of amides is 1. The lowest BCUT2D eigenvalue weighted by atomic mass is 9.82. The smallest absolute Gasteiger partial charge is 0.410 e.